The van der Waals surface area contributed by atoms with Gasteiger partial charge >= 0.3 is 0 Å². The van der Waals surface area contributed by atoms with Gasteiger partial charge in [-0.05, 0) is 34.9 Å². The van der Waals surface area contributed by atoms with Crippen molar-refractivity contribution in [3.8, 4) is 39.5 Å². The molecule has 126 valence electrons. The maximum absolute atomic E-state index is 10.0. The van der Waals surface area contributed by atoms with Gasteiger partial charge < -0.3 is 9.84 Å². The van der Waals surface area contributed by atoms with Gasteiger partial charge in [-0.25, -0.2) is 0 Å². The van der Waals surface area contributed by atoms with E-state index in [9.17, 15) is 5.11 Å². The van der Waals surface area contributed by atoms with Gasteiger partial charge in [-0.15, -0.1) is 0 Å². The molecule has 0 aliphatic rings. The minimum absolute atomic E-state index is 0.124. The predicted octanol–water partition coefficient (Wildman–Crippen LogP) is 6.52. The highest BCUT2D eigenvalue weighted by atomic mass is 16.5. The van der Waals surface area contributed by atoms with Crippen LogP contribution in [0.3, 0.4) is 0 Å². The van der Waals surface area contributed by atoms with Gasteiger partial charge in [-0.2, -0.15) is 0 Å². The first-order valence-electron chi connectivity index (χ1n) is 8.52. The molecule has 0 unspecified atom stereocenters. The van der Waals surface area contributed by atoms with Gasteiger partial charge in [0.05, 0.1) is 0 Å². The smallest absolute Gasteiger partial charge is 0.169 e. The van der Waals surface area contributed by atoms with Gasteiger partial charge in [0.15, 0.2) is 11.5 Å². The summed E-state index contributed by atoms with van der Waals surface area (Å²) in [7, 11) is 0. The van der Waals surface area contributed by atoms with Gasteiger partial charge in [-0.3, -0.25) is 0 Å². The molecule has 0 aliphatic heterocycles. The van der Waals surface area contributed by atoms with E-state index in [1.54, 1.807) is 18.2 Å². The fourth-order valence-electron chi connectivity index (χ4n) is 3.03. The van der Waals surface area contributed by atoms with Gasteiger partial charge in [-0.1, -0.05) is 84.9 Å². The molecule has 0 aromatic heterocycles. The predicted molar refractivity (Wildman–Crippen MR) is 105 cm³/mol. The Morgan fingerprint density at radius 2 is 1.00 bits per heavy atom. The van der Waals surface area contributed by atoms with E-state index in [1.165, 1.54) is 0 Å². The zero-order valence-electron chi connectivity index (χ0n) is 14.2. The van der Waals surface area contributed by atoms with E-state index in [0.717, 1.165) is 22.3 Å². The summed E-state index contributed by atoms with van der Waals surface area (Å²) in [6, 6.07) is 33.5. The quantitative estimate of drug-likeness (QED) is 0.459. The fraction of sp³-hybridized carbons (Fsp3) is 0. The van der Waals surface area contributed by atoms with Crippen LogP contribution in [0.4, 0.5) is 0 Å². The van der Waals surface area contributed by atoms with Crippen molar-refractivity contribution in [3.63, 3.8) is 0 Å². The molecule has 0 saturated carbocycles. The molecule has 0 saturated heterocycles. The molecule has 2 heteroatoms. The van der Waals surface area contributed by atoms with Crippen LogP contribution < -0.4 is 4.74 Å². The lowest BCUT2D eigenvalue weighted by Gasteiger charge is -2.15. The monoisotopic (exact) mass is 338 g/mol. The van der Waals surface area contributed by atoms with Crippen LogP contribution in [-0.2, 0) is 0 Å². The number of rotatable bonds is 4. The van der Waals surface area contributed by atoms with Crippen molar-refractivity contribution in [3.05, 3.63) is 103 Å². The minimum atomic E-state index is 0.124. The molecule has 2 nitrogen and oxygen atoms in total. The SMILES string of the molecule is Oc1ccccc1Oc1ccccc1-c1ccccc1-c1ccccc1. The average molecular weight is 338 g/mol. The maximum Gasteiger partial charge on any atom is 0.169 e. The summed E-state index contributed by atoms with van der Waals surface area (Å²) in [5.74, 6) is 1.27. The third kappa shape index (κ3) is 3.17. The van der Waals surface area contributed by atoms with Crippen LogP contribution in [0.1, 0.15) is 0 Å². The molecule has 0 bridgehead atoms. The number of aromatic hydroxyl groups is 1. The Labute approximate surface area is 153 Å². The molecular weight excluding hydrogens is 320 g/mol. The van der Waals surface area contributed by atoms with Crippen molar-refractivity contribution in [2.45, 2.75) is 0 Å². The van der Waals surface area contributed by atoms with Crippen molar-refractivity contribution >= 4 is 0 Å². The van der Waals surface area contributed by atoms with E-state index >= 15 is 0 Å². The minimum Gasteiger partial charge on any atom is -0.504 e. The summed E-state index contributed by atoms with van der Waals surface area (Å²) in [5, 5.41) is 10.0. The van der Waals surface area contributed by atoms with Gasteiger partial charge in [0.1, 0.15) is 5.75 Å². The normalized spacial score (nSPS) is 10.5. The highest BCUT2D eigenvalue weighted by molar-refractivity contribution is 5.86. The van der Waals surface area contributed by atoms with Crippen LogP contribution in [0.5, 0.6) is 17.2 Å². The maximum atomic E-state index is 10.0. The Morgan fingerprint density at radius 3 is 1.73 bits per heavy atom. The molecular formula is C24H18O2. The summed E-state index contributed by atoms with van der Waals surface area (Å²) in [6.07, 6.45) is 0. The zero-order chi connectivity index (χ0) is 17.8. The summed E-state index contributed by atoms with van der Waals surface area (Å²) in [4.78, 5) is 0. The number of hydrogen-bond donors (Lipinski definition) is 1. The van der Waals surface area contributed by atoms with Crippen molar-refractivity contribution in [2.75, 3.05) is 0 Å². The number of hydrogen-bond acceptors (Lipinski definition) is 2. The molecule has 0 aliphatic carbocycles. The summed E-state index contributed by atoms with van der Waals surface area (Å²) >= 11 is 0. The number of benzene rings is 4. The second-order valence-electron chi connectivity index (χ2n) is 5.98. The topological polar surface area (TPSA) is 29.5 Å². The van der Waals surface area contributed by atoms with Crippen molar-refractivity contribution in [1.29, 1.82) is 0 Å². The van der Waals surface area contributed by atoms with Crippen LogP contribution in [0.25, 0.3) is 22.3 Å². The zero-order valence-corrected chi connectivity index (χ0v) is 14.2. The van der Waals surface area contributed by atoms with E-state index in [2.05, 4.69) is 24.3 Å². The molecule has 4 rings (SSSR count). The Balaban J connectivity index is 1.82. The molecule has 26 heavy (non-hydrogen) atoms. The number of phenolic OH excluding ortho intramolecular Hbond substituents is 1. The number of para-hydroxylation sites is 3. The first kappa shape index (κ1) is 16.0. The number of ether oxygens (including phenoxy) is 1. The van der Waals surface area contributed by atoms with Crippen molar-refractivity contribution in [1.82, 2.24) is 0 Å². The van der Waals surface area contributed by atoms with Crippen LogP contribution >= 0.6 is 0 Å². The first-order valence-corrected chi connectivity index (χ1v) is 8.52. The fourth-order valence-corrected chi connectivity index (χ4v) is 3.03. The van der Waals surface area contributed by atoms with Crippen molar-refractivity contribution < 1.29 is 9.84 Å². The van der Waals surface area contributed by atoms with Crippen molar-refractivity contribution in [2.24, 2.45) is 0 Å². The van der Waals surface area contributed by atoms with Crippen LogP contribution in [0, 0.1) is 0 Å². The molecule has 0 spiro atoms. The second-order valence-corrected chi connectivity index (χ2v) is 5.98. The van der Waals surface area contributed by atoms with Gasteiger partial charge in [0, 0.05) is 5.56 Å². The van der Waals surface area contributed by atoms with Crippen LogP contribution in [0.15, 0.2) is 103 Å². The van der Waals surface area contributed by atoms with Gasteiger partial charge in [0.2, 0.25) is 0 Å². The Morgan fingerprint density at radius 1 is 0.462 bits per heavy atom. The number of phenols is 1. The average Bonchev–Trinajstić information content (AvgIpc) is 2.71. The lowest BCUT2D eigenvalue weighted by atomic mass is 9.94. The van der Waals surface area contributed by atoms with Crippen LogP contribution in [0.2, 0.25) is 0 Å². The standard InChI is InChI=1S/C24H18O2/c25-22-15-7-9-17-24(22)26-23-16-8-6-14-21(23)20-13-5-4-12-19(20)18-10-2-1-3-11-18/h1-17,25H. The highest BCUT2D eigenvalue weighted by Crippen LogP contribution is 2.40. The molecule has 0 amide bonds. The van der Waals surface area contributed by atoms with E-state index < -0.39 is 0 Å². The van der Waals surface area contributed by atoms with Crippen LogP contribution in [-0.4, -0.2) is 5.11 Å². The Kier molecular flexibility index (Phi) is 4.40. The summed E-state index contributed by atoms with van der Waals surface area (Å²) in [6.45, 7) is 0. The third-order valence-corrected chi connectivity index (χ3v) is 4.27. The molecule has 4 aromatic rings. The molecule has 0 radical (unpaired) electrons. The van der Waals surface area contributed by atoms with E-state index in [1.807, 2.05) is 60.7 Å². The molecule has 4 aromatic carbocycles. The molecule has 0 fully saturated rings. The third-order valence-electron chi connectivity index (χ3n) is 4.27. The first-order chi connectivity index (χ1) is 12.8. The lowest BCUT2D eigenvalue weighted by molar-refractivity contribution is 0.412. The summed E-state index contributed by atoms with van der Waals surface area (Å²) < 4.78 is 6.04. The summed E-state index contributed by atoms with van der Waals surface area (Å²) in [5.41, 5.74) is 4.36. The Bertz CT molecular complexity index is 1020. The Hall–Kier alpha value is -3.52. The highest BCUT2D eigenvalue weighted by Gasteiger charge is 2.13. The molecule has 0 atom stereocenters. The van der Waals surface area contributed by atoms with E-state index in [-0.39, 0.29) is 5.75 Å². The van der Waals surface area contributed by atoms with E-state index in [0.29, 0.717) is 11.5 Å². The lowest BCUT2D eigenvalue weighted by Crippen LogP contribution is -1.90. The van der Waals surface area contributed by atoms with E-state index in [4.69, 9.17) is 4.74 Å². The molecule has 1 N–H and O–H groups in total. The second kappa shape index (κ2) is 7.16. The van der Waals surface area contributed by atoms with Gasteiger partial charge in [0.25, 0.3) is 0 Å². The largest absolute Gasteiger partial charge is 0.504 e. The molecule has 0 heterocycles.